The molecule has 0 radical (unpaired) electrons. The summed E-state index contributed by atoms with van der Waals surface area (Å²) >= 11 is 3.08. The monoisotopic (exact) mass is 237 g/mol. The Morgan fingerprint density at radius 1 is 1.62 bits per heavy atom. The number of rotatable bonds is 2. The molecule has 0 aliphatic heterocycles. The second-order valence-electron chi connectivity index (χ2n) is 2.70. The maximum Gasteiger partial charge on any atom is 0.173 e. The van der Waals surface area contributed by atoms with Crippen LogP contribution < -0.4 is 0 Å². The van der Waals surface area contributed by atoms with E-state index >= 15 is 0 Å². The van der Waals surface area contributed by atoms with Gasteiger partial charge >= 0.3 is 0 Å². The second kappa shape index (κ2) is 4.20. The number of aryl methyl sites for hydroxylation is 1. The molecule has 0 saturated carbocycles. The zero-order valence-electron chi connectivity index (χ0n) is 7.17. The summed E-state index contributed by atoms with van der Waals surface area (Å²) in [6.07, 6.45) is 0. The SMILES string of the molecule is Cc1ccc(C(=O)CBr)cc1C#N. The van der Waals surface area contributed by atoms with Crippen LogP contribution in [0.25, 0.3) is 0 Å². The fourth-order valence-electron chi connectivity index (χ4n) is 0.993. The number of alkyl halides is 1. The molecule has 1 aromatic rings. The van der Waals surface area contributed by atoms with Crippen LogP contribution in [0.3, 0.4) is 0 Å². The Labute approximate surface area is 85.3 Å². The number of carbonyl (C=O) groups excluding carboxylic acids is 1. The summed E-state index contributed by atoms with van der Waals surface area (Å²) in [5.74, 6) is -0.00324. The van der Waals surface area contributed by atoms with Gasteiger partial charge in [-0.1, -0.05) is 28.1 Å². The first-order valence-corrected chi connectivity index (χ1v) is 4.91. The molecule has 0 N–H and O–H groups in total. The number of hydrogen-bond acceptors (Lipinski definition) is 2. The Morgan fingerprint density at radius 3 is 2.85 bits per heavy atom. The van der Waals surface area contributed by atoms with Gasteiger partial charge in [-0.25, -0.2) is 0 Å². The predicted molar refractivity (Wildman–Crippen MR) is 54.0 cm³/mol. The predicted octanol–water partition coefficient (Wildman–Crippen LogP) is 2.44. The van der Waals surface area contributed by atoms with Crippen molar-refractivity contribution in [2.75, 3.05) is 5.33 Å². The lowest BCUT2D eigenvalue weighted by Gasteiger charge is -2.00. The fourth-order valence-corrected chi connectivity index (χ4v) is 1.32. The highest BCUT2D eigenvalue weighted by atomic mass is 79.9. The van der Waals surface area contributed by atoms with Crippen LogP contribution in [0, 0.1) is 18.3 Å². The number of nitrogens with zero attached hydrogens (tertiary/aromatic N) is 1. The van der Waals surface area contributed by atoms with Crippen molar-refractivity contribution in [2.45, 2.75) is 6.92 Å². The van der Waals surface area contributed by atoms with Gasteiger partial charge in [-0.2, -0.15) is 5.26 Å². The van der Waals surface area contributed by atoms with E-state index in [9.17, 15) is 4.79 Å². The molecule has 0 heterocycles. The van der Waals surface area contributed by atoms with Crippen LogP contribution in [-0.4, -0.2) is 11.1 Å². The molecular formula is C10H8BrNO. The molecule has 0 aliphatic rings. The molecule has 1 rings (SSSR count). The average Bonchev–Trinajstić information content (AvgIpc) is 2.17. The minimum atomic E-state index is -0.00324. The maximum atomic E-state index is 11.2. The van der Waals surface area contributed by atoms with Crippen molar-refractivity contribution in [3.05, 3.63) is 34.9 Å². The van der Waals surface area contributed by atoms with Crippen LogP contribution in [0.15, 0.2) is 18.2 Å². The lowest BCUT2D eigenvalue weighted by Crippen LogP contribution is -2.00. The summed E-state index contributed by atoms with van der Waals surface area (Å²) in [7, 11) is 0. The molecule has 0 saturated heterocycles. The number of carbonyl (C=O) groups is 1. The standard InChI is InChI=1S/C10H8BrNO/c1-7-2-3-8(10(13)5-11)4-9(7)6-12/h2-4H,5H2,1H3. The van der Waals surface area contributed by atoms with Gasteiger partial charge in [0.2, 0.25) is 0 Å². The zero-order chi connectivity index (χ0) is 9.84. The molecule has 0 aromatic heterocycles. The molecule has 0 atom stereocenters. The molecule has 13 heavy (non-hydrogen) atoms. The van der Waals surface area contributed by atoms with Gasteiger partial charge in [0.1, 0.15) is 0 Å². The summed E-state index contributed by atoms with van der Waals surface area (Å²) in [6.45, 7) is 1.85. The first-order valence-electron chi connectivity index (χ1n) is 3.79. The largest absolute Gasteiger partial charge is 0.293 e. The second-order valence-corrected chi connectivity index (χ2v) is 3.26. The van der Waals surface area contributed by atoms with E-state index in [1.807, 2.05) is 13.0 Å². The fraction of sp³-hybridized carbons (Fsp3) is 0.200. The van der Waals surface area contributed by atoms with Crippen LogP contribution in [-0.2, 0) is 0 Å². The van der Waals surface area contributed by atoms with Gasteiger partial charge in [-0.3, -0.25) is 4.79 Å². The van der Waals surface area contributed by atoms with Gasteiger partial charge in [0, 0.05) is 5.56 Å². The van der Waals surface area contributed by atoms with E-state index < -0.39 is 0 Å². The first-order chi connectivity index (χ1) is 6.19. The molecule has 66 valence electrons. The van der Waals surface area contributed by atoms with Crippen molar-refractivity contribution in [2.24, 2.45) is 0 Å². The lowest BCUT2D eigenvalue weighted by atomic mass is 10.0. The summed E-state index contributed by atoms with van der Waals surface area (Å²) in [6, 6.07) is 7.19. The highest BCUT2D eigenvalue weighted by molar-refractivity contribution is 9.09. The number of halogens is 1. The van der Waals surface area contributed by atoms with Gasteiger partial charge in [0.15, 0.2) is 5.78 Å². The number of benzene rings is 1. The Bertz CT molecular complexity index is 379. The summed E-state index contributed by atoms with van der Waals surface area (Å²) in [5.41, 5.74) is 2.04. The summed E-state index contributed by atoms with van der Waals surface area (Å²) in [5, 5.41) is 9.02. The quantitative estimate of drug-likeness (QED) is 0.586. The summed E-state index contributed by atoms with van der Waals surface area (Å²) in [4.78, 5) is 11.2. The molecule has 1 aromatic carbocycles. The van der Waals surface area contributed by atoms with E-state index in [1.54, 1.807) is 18.2 Å². The Balaban J connectivity index is 3.15. The number of ketones is 1. The molecular weight excluding hydrogens is 230 g/mol. The normalized spacial score (nSPS) is 9.31. The van der Waals surface area contributed by atoms with Gasteiger partial charge in [-0.15, -0.1) is 0 Å². The first kappa shape index (κ1) is 9.94. The minimum absolute atomic E-state index is 0.00324. The van der Waals surface area contributed by atoms with Gasteiger partial charge in [0.25, 0.3) is 0 Å². The summed E-state index contributed by atoms with van der Waals surface area (Å²) < 4.78 is 0. The van der Waals surface area contributed by atoms with Gasteiger partial charge in [0.05, 0.1) is 17.0 Å². The van der Waals surface area contributed by atoms with Crippen LogP contribution in [0.4, 0.5) is 0 Å². The third-order valence-electron chi connectivity index (χ3n) is 1.80. The minimum Gasteiger partial charge on any atom is -0.293 e. The highest BCUT2D eigenvalue weighted by Gasteiger charge is 2.05. The van der Waals surface area contributed by atoms with E-state index in [4.69, 9.17) is 5.26 Å². The maximum absolute atomic E-state index is 11.2. The van der Waals surface area contributed by atoms with Crippen molar-refractivity contribution in [1.29, 1.82) is 5.26 Å². The van der Waals surface area contributed by atoms with Crippen LogP contribution in [0.1, 0.15) is 21.5 Å². The highest BCUT2D eigenvalue weighted by Crippen LogP contribution is 2.11. The lowest BCUT2D eigenvalue weighted by molar-refractivity contribution is 0.102. The van der Waals surface area contributed by atoms with Crippen molar-refractivity contribution in [1.82, 2.24) is 0 Å². The molecule has 0 fully saturated rings. The zero-order valence-corrected chi connectivity index (χ0v) is 8.76. The van der Waals surface area contributed by atoms with E-state index in [0.717, 1.165) is 5.56 Å². The molecule has 0 aliphatic carbocycles. The number of hydrogen-bond donors (Lipinski definition) is 0. The van der Waals surface area contributed by atoms with Crippen LogP contribution in [0.2, 0.25) is 0 Å². The van der Waals surface area contributed by atoms with Crippen molar-refractivity contribution in [3.8, 4) is 6.07 Å². The Hall–Kier alpha value is -1.14. The third kappa shape index (κ3) is 2.16. The van der Waals surface area contributed by atoms with Crippen molar-refractivity contribution < 1.29 is 4.79 Å². The van der Waals surface area contributed by atoms with Crippen molar-refractivity contribution in [3.63, 3.8) is 0 Å². The smallest absolute Gasteiger partial charge is 0.173 e. The molecule has 0 unspecified atom stereocenters. The Morgan fingerprint density at radius 2 is 2.31 bits per heavy atom. The third-order valence-corrected chi connectivity index (χ3v) is 2.31. The molecule has 2 nitrogen and oxygen atoms in total. The molecule has 0 bridgehead atoms. The molecule has 0 amide bonds. The van der Waals surface area contributed by atoms with Crippen LogP contribution >= 0.6 is 15.9 Å². The topological polar surface area (TPSA) is 40.9 Å². The Kier molecular flexibility index (Phi) is 3.21. The van der Waals surface area contributed by atoms with E-state index in [-0.39, 0.29) is 5.78 Å². The van der Waals surface area contributed by atoms with Crippen LogP contribution in [0.5, 0.6) is 0 Å². The van der Waals surface area contributed by atoms with Gasteiger partial charge < -0.3 is 0 Å². The molecule has 3 heteroatoms. The molecule has 0 spiro atoms. The van der Waals surface area contributed by atoms with Gasteiger partial charge in [-0.05, 0) is 18.6 Å². The van der Waals surface area contributed by atoms with E-state index in [1.165, 1.54) is 0 Å². The van der Waals surface area contributed by atoms with Crippen molar-refractivity contribution >= 4 is 21.7 Å². The average molecular weight is 238 g/mol. The number of Topliss-reactive ketones (excluding diaryl/α,β-unsaturated/α-hetero) is 1. The van der Waals surface area contributed by atoms with E-state index in [0.29, 0.717) is 16.5 Å². The van der Waals surface area contributed by atoms with E-state index in [2.05, 4.69) is 15.9 Å². The number of nitriles is 1.